The second kappa shape index (κ2) is 6.70. The molecule has 0 N–H and O–H groups in total. The van der Waals surface area contributed by atoms with Gasteiger partial charge in [-0.2, -0.15) is 0 Å². The Morgan fingerprint density at radius 1 is 1.14 bits per heavy atom. The summed E-state index contributed by atoms with van der Waals surface area (Å²) in [6.07, 6.45) is 1.79. The zero-order valence-corrected chi connectivity index (χ0v) is 14.0. The monoisotopic (exact) mass is 323 g/mol. The fourth-order valence-electron chi connectivity index (χ4n) is 3.37. The van der Waals surface area contributed by atoms with E-state index in [-0.39, 0.29) is 5.66 Å². The number of ketones is 1. The minimum absolute atomic E-state index is 0.0433. The minimum atomic E-state index is -2.04. The highest BCUT2D eigenvalue weighted by Crippen LogP contribution is 2.56. The van der Waals surface area contributed by atoms with Crippen molar-refractivity contribution in [3.8, 4) is 0 Å². The fraction of sp³-hybridized carbons (Fsp3) is 0.562. The van der Waals surface area contributed by atoms with E-state index in [1.807, 2.05) is 18.2 Å². The van der Waals surface area contributed by atoms with E-state index in [1.54, 1.807) is 0 Å². The van der Waals surface area contributed by atoms with Gasteiger partial charge in [0, 0.05) is 19.5 Å². The van der Waals surface area contributed by atoms with Crippen molar-refractivity contribution in [2.75, 3.05) is 26.3 Å². The first-order valence-corrected chi connectivity index (χ1v) is 10.6. The highest BCUT2D eigenvalue weighted by atomic mass is 32.4. The minimum Gasteiger partial charge on any atom is -0.379 e. The van der Waals surface area contributed by atoms with Crippen LogP contribution in [0.4, 0.5) is 0 Å². The topological polar surface area (TPSA) is 29.5 Å². The molecule has 3 rings (SSSR count). The lowest BCUT2D eigenvalue weighted by molar-refractivity contribution is -0.119. The highest BCUT2D eigenvalue weighted by molar-refractivity contribution is 8.17. The summed E-state index contributed by atoms with van der Waals surface area (Å²) in [4.78, 5) is 12.6. The van der Waals surface area contributed by atoms with Gasteiger partial charge in [-0.15, -0.1) is 0 Å². The molecule has 1 saturated heterocycles. The molecule has 1 heterocycles. The van der Waals surface area contributed by atoms with Crippen LogP contribution in [-0.2, 0) is 21.3 Å². The zero-order valence-electron chi connectivity index (χ0n) is 12.2. The number of benzene rings is 1. The Kier molecular flexibility index (Phi) is 4.90. The Morgan fingerprint density at radius 3 is 2.52 bits per heavy atom. The maximum atomic E-state index is 12.6. The summed E-state index contributed by atoms with van der Waals surface area (Å²) in [6, 6.07) is 10.4. The van der Waals surface area contributed by atoms with Gasteiger partial charge in [-0.25, -0.2) is 0 Å². The average molecular weight is 323 g/mol. The molecule has 1 aromatic rings. The van der Waals surface area contributed by atoms with Gasteiger partial charge in [-0.3, -0.25) is 9.46 Å². The van der Waals surface area contributed by atoms with Crippen LogP contribution in [0, 0.1) is 0 Å². The summed E-state index contributed by atoms with van der Waals surface area (Å²) < 4.78 is 7.89. The molecule has 0 unspecified atom stereocenters. The molecular formula is C16H22NO2PS. The highest BCUT2D eigenvalue weighted by Gasteiger charge is 2.41. The summed E-state index contributed by atoms with van der Waals surface area (Å²) in [7, 11) is 0. The third-order valence-electron chi connectivity index (χ3n) is 4.48. The molecule has 2 atom stereocenters. The first-order chi connectivity index (χ1) is 10.2. The largest absolute Gasteiger partial charge is 0.379 e. The van der Waals surface area contributed by atoms with E-state index in [9.17, 15) is 4.79 Å². The van der Waals surface area contributed by atoms with Gasteiger partial charge in [-0.05, 0) is 18.1 Å². The third kappa shape index (κ3) is 3.00. The van der Waals surface area contributed by atoms with Crippen molar-refractivity contribution in [3.63, 3.8) is 0 Å². The van der Waals surface area contributed by atoms with Crippen molar-refractivity contribution in [1.82, 2.24) is 4.67 Å². The maximum Gasteiger partial charge on any atom is 0.142 e. The molecule has 0 amide bonds. The quantitative estimate of drug-likeness (QED) is 0.800. The molecule has 1 aliphatic carbocycles. The normalized spacial score (nSPS) is 27.2. The molecule has 5 heteroatoms. The number of hydrogen-bond donors (Lipinski definition) is 0. The van der Waals surface area contributed by atoms with Gasteiger partial charge in [0.2, 0.25) is 0 Å². The van der Waals surface area contributed by atoms with Crippen molar-refractivity contribution in [1.29, 1.82) is 0 Å². The standard InChI is InChI=1S/C16H22NO2PS/c18-15-8-4-5-9-16(15)20(21,14-6-2-1-3-7-14)17-10-12-19-13-11-17/h1-3,6-7,16H,4-5,8-13H2/t16-,20+/m0/s1. The van der Waals surface area contributed by atoms with Crippen LogP contribution in [0.2, 0.25) is 0 Å². The number of nitrogens with zero attached hydrogens (tertiary/aromatic N) is 1. The first kappa shape index (κ1) is 15.4. The molecule has 0 radical (unpaired) electrons. The fourth-order valence-corrected chi connectivity index (χ4v) is 8.38. The smallest absolute Gasteiger partial charge is 0.142 e. The van der Waals surface area contributed by atoms with E-state index >= 15 is 0 Å². The summed E-state index contributed by atoms with van der Waals surface area (Å²) in [6.45, 7) is 3.17. The summed E-state index contributed by atoms with van der Waals surface area (Å²) in [5.74, 6) is 0.389. The summed E-state index contributed by atoms with van der Waals surface area (Å²) in [5, 5.41) is 1.20. The number of carbonyl (C=O) groups is 1. The first-order valence-electron chi connectivity index (χ1n) is 7.74. The molecule has 0 bridgehead atoms. The zero-order chi connectivity index (χ0) is 14.7. The summed E-state index contributed by atoms with van der Waals surface area (Å²) >= 11 is 6.25. The Hall–Kier alpha value is -0.540. The van der Waals surface area contributed by atoms with Crippen molar-refractivity contribution in [3.05, 3.63) is 30.3 Å². The van der Waals surface area contributed by atoms with E-state index in [0.29, 0.717) is 12.2 Å². The lowest BCUT2D eigenvalue weighted by Gasteiger charge is -2.43. The molecule has 1 saturated carbocycles. The molecule has 3 nitrogen and oxygen atoms in total. The molecule has 1 aliphatic heterocycles. The number of rotatable bonds is 3. The van der Waals surface area contributed by atoms with E-state index in [2.05, 4.69) is 16.8 Å². The van der Waals surface area contributed by atoms with Crippen LogP contribution in [0.5, 0.6) is 0 Å². The predicted molar refractivity (Wildman–Crippen MR) is 90.0 cm³/mol. The van der Waals surface area contributed by atoms with Crippen LogP contribution in [0.15, 0.2) is 30.3 Å². The molecular weight excluding hydrogens is 301 g/mol. The molecule has 2 aliphatic rings. The van der Waals surface area contributed by atoms with Crippen molar-refractivity contribution in [2.24, 2.45) is 0 Å². The SMILES string of the molecule is O=C1CCCC[C@@H]1[P@](=S)(c1ccccc1)N1CCOCC1. The van der Waals surface area contributed by atoms with Gasteiger partial charge in [0.25, 0.3) is 0 Å². The van der Waals surface area contributed by atoms with E-state index in [1.165, 1.54) is 5.30 Å². The van der Waals surface area contributed by atoms with E-state index in [4.69, 9.17) is 16.5 Å². The number of morpholine rings is 1. The Labute approximate surface area is 131 Å². The van der Waals surface area contributed by atoms with Crippen molar-refractivity contribution in [2.45, 2.75) is 31.3 Å². The number of Topliss-reactive ketones (excluding diaryl/α,β-unsaturated/α-hetero) is 1. The Balaban J connectivity index is 2.01. The van der Waals surface area contributed by atoms with Gasteiger partial charge in [0.05, 0.1) is 25.1 Å². The van der Waals surface area contributed by atoms with Crippen LogP contribution >= 0.6 is 6.19 Å². The van der Waals surface area contributed by atoms with Crippen LogP contribution < -0.4 is 5.30 Å². The second-order valence-corrected chi connectivity index (χ2v) is 10.4. The molecule has 0 aromatic heterocycles. The number of carbonyl (C=O) groups excluding carboxylic acids is 1. The maximum absolute atomic E-state index is 12.6. The van der Waals surface area contributed by atoms with E-state index < -0.39 is 6.19 Å². The Bertz CT molecular complexity index is 542. The molecule has 2 fully saturated rings. The van der Waals surface area contributed by atoms with Crippen LogP contribution in [-0.4, -0.2) is 42.4 Å². The third-order valence-corrected chi connectivity index (χ3v) is 10.2. The summed E-state index contributed by atoms with van der Waals surface area (Å²) in [5.41, 5.74) is 0.0433. The Morgan fingerprint density at radius 2 is 1.86 bits per heavy atom. The number of hydrogen-bond acceptors (Lipinski definition) is 3. The van der Waals surface area contributed by atoms with Crippen LogP contribution in [0.3, 0.4) is 0 Å². The van der Waals surface area contributed by atoms with Crippen LogP contribution in [0.25, 0.3) is 0 Å². The van der Waals surface area contributed by atoms with Crippen LogP contribution in [0.1, 0.15) is 25.7 Å². The van der Waals surface area contributed by atoms with Gasteiger partial charge >= 0.3 is 0 Å². The van der Waals surface area contributed by atoms with Gasteiger partial charge in [-0.1, -0.05) is 48.6 Å². The molecule has 114 valence electrons. The van der Waals surface area contributed by atoms with Crippen molar-refractivity contribution < 1.29 is 9.53 Å². The average Bonchev–Trinajstić information content (AvgIpc) is 2.56. The number of ether oxygens (including phenoxy) is 1. The van der Waals surface area contributed by atoms with E-state index in [0.717, 1.165) is 45.6 Å². The van der Waals surface area contributed by atoms with Gasteiger partial charge in [0.1, 0.15) is 5.78 Å². The van der Waals surface area contributed by atoms with Gasteiger partial charge < -0.3 is 4.74 Å². The molecule has 21 heavy (non-hydrogen) atoms. The molecule has 0 spiro atoms. The second-order valence-electron chi connectivity index (χ2n) is 5.75. The lowest BCUT2D eigenvalue weighted by Crippen LogP contribution is -2.42. The van der Waals surface area contributed by atoms with Crippen molar-refractivity contribution >= 4 is 29.1 Å². The molecule has 1 aromatic carbocycles. The predicted octanol–water partition coefficient (Wildman–Crippen LogP) is 2.55. The lowest BCUT2D eigenvalue weighted by atomic mass is 9.99. The van der Waals surface area contributed by atoms with Gasteiger partial charge in [0.15, 0.2) is 0 Å².